The summed E-state index contributed by atoms with van der Waals surface area (Å²) in [4.78, 5) is 16.5. The standard InChI is InChI=1S/C13H19N5OS/c1-5-18-6-8(14)10(17-18)11(19)16-12-15-9(7-20-12)13(2,3)4/h6-7H,5,14H2,1-4H3,(H,15,16,19). The first-order valence-corrected chi connectivity index (χ1v) is 7.29. The van der Waals surface area contributed by atoms with Gasteiger partial charge in [-0.2, -0.15) is 5.10 Å². The van der Waals surface area contributed by atoms with Gasteiger partial charge in [-0.25, -0.2) is 4.98 Å². The minimum Gasteiger partial charge on any atom is -0.396 e. The van der Waals surface area contributed by atoms with Crippen LogP contribution in [0.15, 0.2) is 11.6 Å². The molecular formula is C13H19N5OS. The fraction of sp³-hybridized carbons (Fsp3) is 0.462. The number of thiazole rings is 1. The first-order chi connectivity index (χ1) is 9.31. The number of hydrogen-bond acceptors (Lipinski definition) is 5. The van der Waals surface area contributed by atoms with Crippen molar-refractivity contribution in [2.45, 2.75) is 39.7 Å². The third kappa shape index (κ3) is 2.98. The van der Waals surface area contributed by atoms with Crippen molar-refractivity contribution in [3.63, 3.8) is 0 Å². The minimum atomic E-state index is -0.329. The highest BCUT2D eigenvalue weighted by Crippen LogP contribution is 2.26. The fourth-order valence-electron chi connectivity index (χ4n) is 1.61. The highest BCUT2D eigenvalue weighted by molar-refractivity contribution is 7.14. The lowest BCUT2D eigenvalue weighted by atomic mass is 9.93. The molecule has 0 fully saturated rings. The average Bonchev–Trinajstić information content (AvgIpc) is 2.94. The van der Waals surface area contributed by atoms with Crippen LogP contribution < -0.4 is 11.1 Å². The topological polar surface area (TPSA) is 85.8 Å². The Morgan fingerprint density at radius 1 is 1.50 bits per heavy atom. The van der Waals surface area contributed by atoms with Gasteiger partial charge in [0.2, 0.25) is 0 Å². The number of nitrogens with one attached hydrogen (secondary N) is 1. The van der Waals surface area contributed by atoms with E-state index >= 15 is 0 Å². The minimum absolute atomic E-state index is 0.0394. The van der Waals surface area contributed by atoms with Crippen LogP contribution in [0.3, 0.4) is 0 Å². The van der Waals surface area contributed by atoms with Crippen LogP contribution in [0.25, 0.3) is 0 Å². The van der Waals surface area contributed by atoms with E-state index in [0.717, 1.165) is 5.69 Å². The number of carbonyl (C=O) groups excluding carboxylic acids is 1. The van der Waals surface area contributed by atoms with Crippen LogP contribution in [-0.2, 0) is 12.0 Å². The maximum atomic E-state index is 12.1. The van der Waals surface area contributed by atoms with Gasteiger partial charge < -0.3 is 5.73 Å². The molecule has 3 N–H and O–H groups in total. The van der Waals surface area contributed by atoms with Gasteiger partial charge in [0.15, 0.2) is 10.8 Å². The highest BCUT2D eigenvalue weighted by atomic mass is 32.1. The summed E-state index contributed by atoms with van der Waals surface area (Å²) in [5.74, 6) is -0.329. The van der Waals surface area contributed by atoms with Crippen LogP contribution in [-0.4, -0.2) is 20.7 Å². The van der Waals surface area contributed by atoms with E-state index in [0.29, 0.717) is 17.4 Å². The molecule has 7 heteroatoms. The third-order valence-corrected chi connectivity index (χ3v) is 3.58. The van der Waals surface area contributed by atoms with Crippen LogP contribution in [0, 0.1) is 0 Å². The van der Waals surface area contributed by atoms with Gasteiger partial charge in [-0.1, -0.05) is 20.8 Å². The van der Waals surface area contributed by atoms with Gasteiger partial charge in [-0.05, 0) is 6.92 Å². The number of rotatable bonds is 3. The Bertz CT molecular complexity index is 623. The Kier molecular flexibility index (Phi) is 3.80. The van der Waals surface area contributed by atoms with Crippen molar-refractivity contribution in [2.75, 3.05) is 11.1 Å². The van der Waals surface area contributed by atoms with Gasteiger partial charge in [0, 0.05) is 23.5 Å². The molecule has 0 radical (unpaired) electrons. The van der Waals surface area contributed by atoms with E-state index in [1.165, 1.54) is 11.3 Å². The summed E-state index contributed by atoms with van der Waals surface area (Å²) < 4.78 is 1.63. The lowest BCUT2D eigenvalue weighted by molar-refractivity contribution is 0.102. The summed E-state index contributed by atoms with van der Waals surface area (Å²) in [6.45, 7) is 8.84. The van der Waals surface area contributed by atoms with Crippen molar-refractivity contribution in [1.82, 2.24) is 14.8 Å². The van der Waals surface area contributed by atoms with Gasteiger partial charge in [0.25, 0.3) is 5.91 Å². The maximum Gasteiger partial charge on any atom is 0.280 e. The molecule has 0 saturated heterocycles. The Hall–Kier alpha value is -1.89. The number of amides is 1. The van der Waals surface area contributed by atoms with E-state index in [2.05, 4.69) is 36.2 Å². The molecular weight excluding hydrogens is 274 g/mol. The Labute approximate surface area is 122 Å². The molecule has 108 valence electrons. The number of nitrogen functional groups attached to an aromatic ring is 1. The monoisotopic (exact) mass is 293 g/mol. The largest absolute Gasteiger partial charge is 0.396 e. The molecule has 2 rings (SSSR count). The average molecular weight is 293 g/mol. The van der Waals surface area contributed by atoms with E-state index in [9.17, 15) is 4.79 Å². The van der Waals surface area contributed by atoms with Crippen LogP contribution in [0.4, 0.5) is 10.8 Å². The van der Waals surface area contributed by atoms with Gasteiger partial charge in [-0.3, -0.25) is 14.8 Å². The van der Waals surface area contributed by atoms with E-state index in [1.807, 2.05) is 12.3 Å². The molecule has 0 bridgehead atoms. The van der Waals surface area contributed by atoms with Crippen LogP contribution in [0.1, 0.15) is 43.9 Å². The summed E-state index contributed by atoms with van der Waals surface area (Å²) in [5, 5.41) is 9.39. The molecule has 0 aliphatic carbocycles. The number of carbonyl (C=O) groups is 1. The number of anilines is 2. The summed E-state index contributed by atoms with van der Waals surface area (Å²) in [6, 6.07) is 0. The molecule has 6 nitrogen and oxygen atoms in total. The molecule has 2 heterocycles. The molecule has 0 aromatic carbocycles. The number of aryl methyl sites for hydroxylation is 1. The van der Waals surface area contributed by atoms with Gasteiger partial charge >= 0.3 is 0 Å². The number of hydrogen-bond donors (Lipinski definition) is 2. The Morgan fingerprint density at radius 2 is 2.20 bits per heavy atom. The van der Waals surface area contributed by atoms with Crippen molar-refractivity contribution >= 4 is 28.1 Å². The molecule has 0 aliphatic heterocycles. The summed E-state index contributed by atoms with van der Waals surface area (Å²) in [7, 11) is 0. The smallest absolute Gasteiger partial charge is 0.280 e. The number of aromatic nitrogens is 3. The van der Waals surface area contributed by atoms with Crippen molar-refractivity contribution in [1.29, 1.82) is 0 Å². The molecule has 1 amide bonds. The van der Waals surface area contributed by atoms with Crippen molar-refractivity contribution in [3.8, 4) is 0 Å². The first kappa shape index (κ1) is 14.5. The maximum absolute atomic E-state index is 12.1. The van der Waals surface area contributed by atoms with E-state index in [4.69, 9.17) is 5.73 Å². The zero-order chi connectivity index (χ0) is 14.9. The molecule has 2 aromatic rings. The number of nitrogens with two attached hydrogens (primary N) is 1. The first-order valence-electron chi connectivity index (χ1n) is 6.41. The fourth-order valence-corrected chi connectivity index (χ4v) is 2.54. The molecule has 0 saturated carbocycles. The Balaban J connectivity index is 2.15. The van der Waals surface area contributed by atoms with Gasteiger partial charge in [0.1, 0.15) is 0 Å². The molecule has 0 spiro atoms. The molecule has 2 aromatic heterocycles. The zero-order valence-electron chi connectivity index (χ0n) is 12.1. The predicted octanol–water partition coefficient (Wildman–Crippen LogP) is 2.49. The lowest BCUT2D eigenvalue weighted by Gasteiger charge is -2.14. The van der Waals surface area contributed by atoms with Crippen LogP contribution >= 0.6 is 11.3 Å². The van der Waals surface area contributed by atoms with Gasteiger partial charge in [0.05, 0.1) is 11.4 Å². The van der Waals surface area contributed by atoms with Crippen molar-refractivity contribution in [2.24, 2.45) is 0 Å². The number of nitrogens with zero attached hydrogens (tertiary/aromatic N) is 3. The van der Waals surface area contributed by atoms with E-state index in [-0.39, 0.29) is 17.0 Å². The van der Waals surface area contributed by atoms with E-state index in [1.54, 1.807) is 10.9 Å². The lowest BCUT2D eigenvalue weighted by Crippen LogP contribution is -2.16. The SMILES string of the molecule is CCn1cc(N)c(C(=O)Nc2nc(C(C)(C)C)cs2)n1. The zero-order valence-corrected chi connectivity index (χ0v) is 12.9. The summed E-state index contributed by atoms with van der Waals surface area (Å²) >= 11 is 1.40. The quantitative estimate of drug-likeness (QED) is 0.910. The van der Waals surface area contributed by atoms with E-state index < -0.39 is 0 Å². The predicted molar refractivity (Wildman–Crippen MR) is 81.1 cm³/mol. The molecule has 0 unspecified atom stereocenters. The second kappa shape index (κ2) is 5.24. The van der Waals surface area contributed by atoms with Gasteiger partial charge in [-0.15, -0.1) is 11.3 Å². The third-order valence-electron chi connectivity index (χ3n) is 2.82. The molecule has 20 heavy (non-hydrogen) atoms. The second-order valence-electron chi connectivity index (χ2n) is 5.53. The van der Waals surface area contributed by atoms with Crippen molar-refractivity contribution in [3.05, 3.63) is 23.0 Å². The van der Waals surface area contributed by atoms with Crippen molar-refractivity contribution < 1.29 is 4.79 Å². The van der Waals surface area contributed by atoms with Crippen LogP contribution in [0.5, 0.6) is 0 Å². The highest BCUT2D eigenvalue weighted by Gasteiger charge is 2.20. The van der Waals surface area contributed by atoms with Crippen LogP contribution in [0.2, 0.25) is 0 Å². The normalized spacial score (nSPS) is 11.6. The summed E-state index contributed by atoms with van der Waals surface area (Å²) in [6.07, 6.45) is 1.65. The molecule has 0 aliphatic rings. The second-order valence-corrected chi connectivity index (χ2v) is 6.39. The Morgan fingerprint density at radius 3 is 2.70 bits per heavy atom. The molecule has 0 atom stereocenters. The summed E-state index contributed by atoms with van der Waals surface area (Å²) in [5.41, 5.74) is 7.30.